The van der Waals surface area contributed by atoms with Crippen molar-refractivity contribution in [2.45, 2.75) is 32.5 Å². The van der Waals surface area contributed by atoms with Crippen molar-refractivity contribution in [3.63, 3.8) is 0 Å². The summed E-state index contributed by atoms with van der Waals surface area (Å²) in [4.78, 5) is 0. The molecule has 0 bridgehead atoms. The lowest BCUT2D eigenvalue weighted by molar-refractivity contribution is -0.146. The van der Waals surface area contributed by atoms with E-state index in [9.17, 15) is 13.2 Å². The van der Waals surface area contributed by atoms with Crippen molar-refractivity contribution in [2.75, 3.05) is 7.11 Å². The Kier molecular flexibility index (Phi) is 3.47. The zero-order valence-electron chi connectivity index (χ0n) is 9.31. The second-order valence-corrected chi connectivity index (χ2v) is 5.33. The van der Waals surface area contributed by atoms with Gasteiger partial charge in [-0.2, -0.15) is 13.2 Å². The van der Waals surface area contributed by atoms with E-state index in [1.165, 1.54) is 7.11 Å². The molecule has 16 heavy (non-hydrogen) atoms. The van der Waals surface area contributed by atoms with Gasteiger partial charge in [0.05, 0.1) is 12.6 Å². The van der Waals surface area contributed by atoms with Crippen molar-refractivity contribution in [1.82, 2.24) is 9.78 Å². The van der Waals surface area contributed by atoms with Gasteiger partial charge in [0.25, 0.3) is 0 Å². The van der Waals surface area contributed by atoms with Crippen LogP contribution in [-0.2, 0) is 11.7 Å². The van der Waals surface area contributed by atoms with E-state index in [4.69, 9.17) is 4.74 Å². The van der Waals surface area contributed by atoms with Gasteiger partial charge >= 0.3 is 6.18 Å². The van der Waals surface area contributed by atoms with E-state index in [1.54, 1.807) is 43.4 Å². The number of methoxy groups -OCH3 is 1. The average molecular weight is 348 g/mol. The zero-order valence-corrected chi connectivity index (χ0v) is 11.5. The Morgan fingerprint density at radius 2 is 1.75 bits per heavy atom. The molecule has 7 heteroatoms. The Hall–Kier alpha value is -0.470. The highest BCUT2D eigenvalue weighted by Crippen LogP contribution is 2.39. The fraction of sp³-hybridized carbons (Fsp3) is 0.667. The van der Waals surface area contributed by atoms with Gasteiger partial charge in [-0.3, -0.25) is 4.68 Å². The second-order valence-electron chi connectivity index (χ2n) is 4.25. The second kappa shape index (κ2) is 4.08. The average Bonchev–Trinajstić information content (AvgIpc) is 2.40. The number of hydrogen-bond acceptors (Lipinski definition) is 2. The third-order valence-electron chi connectivity index (χ3n) is 1.90. The number of nitrogens with zero attached hydrogens (tertiary/aromatic N) is 2. The molecule has 0 atom stereocenters. The van der Waals surface area contributed by atoms with Crippen LogP contribution in [0.1, 0.15) is 26.5 Å². The van der Waals surface area contributed by atoms with Crippen LogP contribution in [0.25, 0.3) is 0 Å². The number of halogens is 4. The first kappa shape index (κ1) is 13.6. The van der Waals surface area contributed by atoms with Crippen molar-refractivity contribution < 1.29 is 17.9 Å². The lowest BCUT2D eigenvalue weighted by atomic mass is 10.1. The van der Waals surface area contributed by atoms with Gasteiger partial charge in [-0.05, 0) is 43.4 Å². The lowest BCUT2D eigenvalue weighted by Crippen LogP contribution is -2.29. The number of rotatable bonds is 1. The van der Waals surface area contributed by atoms with Crippen molar-refractivity contribution in [1.29, 1.82) is 0 Å². The van der Waals surface area contributed by atoms with E-state index in [0.717, 1.165) is 4.68 Å². The maximum absolute atomic E-state index is 12.9. The number of ether oxygens (including phenoxy) is 1. The van der Waals surface area contributed by atoms with Crippen LogP contribution in [0.15, 0.2) is 0 Å². The minimum Gasteiger partial charge on any atom is -0.479 e. The summed E-state index contributed by atoms with van der Waals surface area (Å²) in [5.41, 5.74) is -1.51. The molecule has 0 radical (unpaired) electrons. The van der Waals surface area contributed by atoms with Gasteiger partial charge in [-0.15, -0.1) is 5.10 Å². The first-order valence-electron chi connectivity index (χ1n) is 4.49. The highest BCUT2D eigenvalue weighted by Gasteiger charge is 2.42. The molecule has 0 saturated carbocycles. The maximum Gasteiger partial charge on any atom is 0.434 e. The molecule has 0 aliphatic heterocycles. The molecular formula is C9H12F3IN2O. The van der Waals surface area contributed by atoms with Gasteiger partial charge in [0, 0.05) is 0 Å². The summed E-state index contributed by atoms with van der Waals surface area (Å²) in [6.45, 7) is 4.97. The Labute approximate surface area is 105 Å². The molecule has 0 aliphatic carbocycles. The van der Waals surface area contributed by atoms with E-state index >= 15 is 0 Å². The third kappa shape index (κ3) is 2.44. The molecule has 1 rings (SSSR count). The highest BCUT2D eigenvalue weighted by atomic mass is 127. The Bertz CT molecular complexity index is 393. The molecule has 92 valence electrons. The van der Waals surface area contributed by atoms with Crippen LogP contribution in [-0.4, -0.2) is 16.9 Å². The van der Waals surface area contributed by atoms with Gasteiger partial charge in [-0.25, -0.2) is 0 Å². The van der Waals surface area contributed by atoms with E-state index in [2.05, 4.69) is 5.10 Å². The topological polar surface area (TPSA) is 27.1 Å². The predicted molar refractivity (Wildman–Crippen MR) is 61.5 cm³/mol. The quantitative estimate of drug-likeness (QED) is 0.729. The highest BCUT2D eigenvalue weighted by molar-refractivity contribution is 14.1. The summed E-state index contributed by atoms with van der Waals surface area (Å²) < 4.78 is 44.4. The summed E-state index contributed by atoms with van der Waals surface area (Å²) in [5.74, 6) is 0.00264. The summed E-state index contributed by atoms with van der Waals surface area (Å²) in [5, 5.41) is 3.83. The molecule has 1 aromatic heterocycles. The molecule has 0 aliphatic rings. The lowest BCUT2D eigenvalue weighted by Gasteiger charge is -2.23. The van der Waals surface area contributed by atoms with Gasteiger partial charge in [0.1, 0.15) is 3.57 Å². The van der Waals surface area contributed by atoms with Gasteiger partial charge in [-0.1, -0.05) is 0 Å². The summed E-state index contributed by atoms with van der Waals surface area (Å²) in [6.07, 6.45) is -4.44. The summed E-state index contributed by atoms with van der Waals surface area (Å²) in [7, 11) is 1.30. The van der Waals surface area contributed by atoms with Crippen LogP contribution >= 0.6 is 22.6 Å². The molecule has 0 saturated heterocycles. The van der Waals surface area contributed by atoms with Crippen molar-refractivity contribution >= 4 is 22.6 Å². The smallest absolute Gasteiger partial charge is 0.434 e. The molecule has 0 unspecified atom stereocenters. The molecule has 0 fully saturated rings. The fourth-order valence-electron chi connectivity index (χ4n) is 1.24. The molecule has 0 aromatic carbocycles. The van der Waals surface area contributed by atoms with E-state index in [-0.39, 0.29) is 9.45 Å². The Morgan fingerprint density at radius 1 is 1.25 bits per heavy atom. The fourth-order valence-corrected chi connectivity index (χ4v) is 2.10. The van der Waals surface area contributed by atoms with Crippen LogP contribution in [0.4, 0.5) is 13.2 Å². The van der Waals surface area contributed by atoms with Gasteiger partial charge in [0.15, 0.2) is 5.69 Å². The van der Waals surface area contributed by atoms with Crippen LogP contribution < -0.4 is 4.74 Å². The normalized spacial score (nSPS) is 13.0. The predicted octanol–water partition coefficient (Wildman–Crippen LogP) is 3.27. The van der Waals surface area contributed by atoms with Gasteiger partial charge < -0.3 is 4.74 Å². The Morgan fingerprint density at radius 3 is 2.00 bits per heavy atom. The van der Waals surface area contributed by atoms with Crippen molar-refractivity contribution in [3.8, 4) is 5.88 Å². The minimum absolute atomic E-state index is 0.00264. The molecule has 1 heterocycles. The van der Waals surface area contributed by atoms with Crippen LogP contribution in [0.2, 0.25) is 0 Å². The standard InChI is InChI=1S/C9H12F3IN2O/c1-8(2,3)15-6(9(10,11)12)5(13)7(14-15)16-4/h1-4H3. The van der Waals surface area contributed by atoms with Crippen LogP contribution in [0, 0.1) is 3.57 Å². The van der Waals surface area contributed by atoms with Crippen molar-refractivity contribution in [3.05, 3.63) is 9.26 Å². The molecule has 0 N–H and O–H groups in total. The van der Waals surface area contributed by atoms with Crippen LogP contribution in [0.3, 0.4) is 0 Å². The molecule has 1 aromatic rings. The zero-order chi connectivity index (χ0) is 12.7. The third-order valence-corrected chi connectivity index (χ3v) is 2.87. The Balaban J connectivity index is 3.50. The van der Waals surface area contributed by atoms with Gasteiger partial charge in [0.2, 0.25) is 5.88 Å². The summed E-state index contributed by atoms with van der Waals surface area (Å²) >= 11 is 1.60. The number of hydrogen-bond donors (Lipinski definition) is 0. The number of alkyl halides is 3. The molecule has 3 nitrogen and oxygen atoms in total. The summed E-state index contributed by atoms with van der Waals surface area (Å²) in [6, 6.07) is 0. The maximum atomic E-state index is 12.9. The minimum atomic E-state index is -4.44. The first-order valence-corrected chi connectivity index (χ1v) is 5.57. The van der Waals surface area contributed by atoms with E-state index in [0.29, 0.717) is 0 Å². The van der Waals surface area contributed by atoms with Crippen LogP contribution in [0.5, 0.6) is 5.88 Å². The molecule has 0 amide bonds. The first-order chi connectivity index (χ1) is 7.09. The SMILES string of the molecule is COc1nn(C(C)(C)C)c(C(F)(F)F)c1I. The van der Waals surface area contributed by atoms with E-state index in [1.807, 2.05) is 0 Å². The molecular weight excluding hydrogens is 336 g/mol. The van der Waals surface area contributed by atoms with E-state index < -0.39 is 17.4 Å². The number of aromatic nitrogens is 2. The molecule has 0 spiro atoms. The van der Waals surface area contributed by atoms with Crippen molar-refractivity contribution in [2.24, 2.45) is 0 Å². The largest absolute Gasteiger partial charge is 0.479 e. The monoisotopic (exact) mass is 348 g/mol.